The number of amides is 2. The first-order chi connectivity index (χ1) is 13.1. The standard InChI is InChI=1S/C22H37N3O2.ClH/c23-21-17-7-4-8-18(21)15-19(14-17)22(27)25-11-9-24(10-12-25)20(26)13-16-5-2-1-3-6-16;/h16-19,21H,1-15,23H2;1H. The van der Waals surface area contributed by atoms with E-state index in [1.807, 2.05) is 9.80 Å². The van der Waals surface area contributed by atoms with Crippen LogP contribution in [0.3, 0.4) is 0 Å². The maximum Gasteiger partial charge on any atom is 0.225 e. The number of hydrogen-bond acceptors (Lipinski definition) is 3. The molecule has 0 aromatic carbocycles. The highest BCUT2D eigenvalue weighted by molar-refractivity contribution is 5.85. The molecular weight excluding hydrogens is 374 g/mol. The monoisotopic (exact) mass is 411 g/mol. The Bertz CT molecular complexity index is 530. The zero-order valence-corrected chi connectivity index (χ0v) is 18.0. The van der Waals surface area contributed by atoms with Crippen molar-refractivity contribution in [2.24, 2.45) is 29.4 Å². The Morgan fingerprint density at radius 3 is 1.96 bits per heavy atom. The summed E-state index contributed by atoms with van der Waals surface area (Å²) in [5.74, 6) is 2.50. The smallest absolute Gasteiger partial charge is 0.225 e. The largest absolute Gasteiger partial charge is 0.339 e. The van der Waals surface area contributed by atoms with Gasteiger partial charge >= 0.3 is 0 Å². The van der Waals surface area contributed by atoms with E-state index in [4.69, 9.17) is 5.73 Å². The van der Waals surface area contributed by atoms with Gasteiger partial charge in [-0.2, -0.15) is 0 Å². The summed E-state index contributed by atoms with van der Waals surface area (Å²) in [5.41, 5.74) is 6.38. The minimum absolute atomic E-state index is 0. The van der Waals surface area contributed by atoms with Crippen molar-refractivity contribution in [1.82, 2.24) is 9.80 Å². The normalized spacial score (nSPS) is 33.9. The number of nitrogens with zero attached hydrogens (tertiary/aromatic N) is 2. The Morgan fingerprint density at radius 2 is 1.36 bits per heavy atom. The molecule has 0 radical (unpaired) electrons. The van der Waals surface area contributed by atoms with Crippen LogP contribution in [0, 0.1) is 23.7 Å². The maximum absolute atomic E-state index is 13.1. The molecule has 1 aliphatic heterocycles. The summed E-state index contributed by atoms with van der Waals surface area (Å²) < 4.78 is 0. The minimum Gasteiger partial charge on any atom is -0.339 e. The van der Waals surface area contributed by atoms with Crippen LogP contribution in [0.2, 0.25) is 0 Å². The van der Waals surface area contributed by atoms with Crippen molar-refractivity contribution in [3.05, 3.63) is 0 Å². The Kier molecular flexibility index (Phi) is 7.66. The van der Waals surface area contributed by atoms with Gasteiger partial charge in [-0.1, -0.05) is 25.7 Å². The highest BCUT2D eigenvalue weighted by Crippen LogP contribution is 2.42. The SMILES string of the molecule is Cl.NC1C2CCCC1CC(C(=O)N1CCN(C(=O)CC3CCCCC3)CC1)C2. The van der Waals surface area contributed by atoms with Crippen molar-refractivity contribution in [3.63, 3.8) is 0 Å². The van der Waals surface area contributed by atoms with Gasteiger partial charge in [-0.3, -0.25) is 9.59 Å². The summed E-state index contributed by atoms with van der Waals surface area (Å²) in [6.45, 7) is 2.87. The highest BCUT2D eigenvalue weighted by atomic mass is 35.5. The third-order valence-electron chi connectivity index (χ3n) is 7.89. The number of carbonyl (C=O) groups excluding carboxylic acids is 2. The first kappa shape index (κ1) is 21.9. The average Bonchev–Trinajstić information content (AvgIpc) is 2.68. The van der Waals surface area contributed by atoms with Gasteiger partial charge in [-0.25, -0.2) is 0 Å². The van der Waals surface area contributed by atoms with Crippen LogP contribution in [0.5, 0.6) is 0 Å². The number of hydrogen-bond donors (Lipinski definition) is 1. The third kappa shape index (κ3) is 4.84. The highest BCUT2D eigenvalue weighted by Gasteiger charge is 2.42. The summed E-state index contributed by atoms with van der Waals surface area (Å²) in [5, 5.41) is 0. The van der Waals surface area contributed by atoms with Crippen LogP contribution < -0.4 is 5.73 Å². The predicted molar refractivity (Wildman–Crippen MR) is 113 cm³/mol. The fraction of sp³-hybridized carbons (Fsp3) is 0.909. The molecule has 4 rings (SSSR count). The topological polar surface area (TPSA) is 66.6 Å². The van der Waals surface area contributed by atoms with E-state index in [1.165, 1.54) is 51.4 Å². The van der Waals surface area contributed by atoms with Crippen LogP contribution in [-0.4, -0.2) is 53.8 Å². The summed E-state index contributed by atoms with van der Waals surface area (Å²) in [6.07, 6.45) is 12.7. The van der Waals surface area contributed by atoms with E-state index in [0.29, 0.717) is 48.7 Å². The van der Waals surface area contributed by atoms with Crippen LogP contribution in [0.15, 0.2) is 0 Å². The molecule has 1 saturated heterocycles. The van der Waals surface area contributed by atoms with Gasteiger partial charge < -0.3 is 15.5 Å². The van der Waals surface area contributed by atoms with Crippen LogP contribution in [-0.2, 0) is 9.59 Å². The quantitative estimate of drug-likeness (QED) is 0.775. The average molecular weight is 412 g/mol. The summed E-state index contributed by atoms with van der Waals surface area (Å²) >= 11 is 0. The minimum atomic E-state index is 0. The van der Waals surface area contributed by atoms with Gasteiger partial charge in [0.25, 0.3) is 0 Å². The zero-order valence-electron chi connectivity index (χ0n) is 17.2. The predicted octanol–water partition coefficient (Wildman–Crippen LogP) is 3.20. The fourth-order valence-electron chi connectivity index (χ4n) is 6.19. The first-order valence-corrected chi connectivity index (χ1v) is 11.4. The molecule has 2 bridgehead atoms. The molecule has 2 atom stereocenters. The molecule has 2 amide bonds. The second-order valence-corrected chi connectivity index (χ2v) is 9.61. The molecule has 4 aliphatic rings. The number of rotatable bonds is 3. The number of piperazine rings is 1. The summed E-state index contributed by atoms with van der Waals surface area (Å²) in [6, 6.07) is 0.317. The van der Waals surface area contributed by atoms with Gasteiger partial charge in [0.05, 0.1) is 0 Å². The lowest BCUT2D eigenvalue weighted by Gasteiger charge is -2.45. The third-order valence-corrected chi connectivity index (χ3v) is 7.89. The molecular formula is C22H38ClN3O2. The van der Waals surface area contributed by atoms with Crippen LogP contribution in [0.1, 0.15) is 70.6 Å². The summed E-state index contributed by atoms with van der Waals surface area (Å²) in [4.78, 5) is 29.7. The lowest BCUT2D eigenvalue weighted by Crippen LogP contribution is -2.54. The van der Waals surface area contributed by atoms with Crippen LogP contribution in [0.25, 0.3) is 0 Å². The number of carbonyl (C=O) groups is 2. The van der Waals surface area contributed by atoms with Crippen molar-refractivity contribution in [1.29, 1.82) is 0 Å². The first-order valence-electron chi connectivity index (χ1n) is 11.4. The van der Waals surface area contributed by atoms with Crippen LogP contribution >= 0.6 is 12.4 Å². The molecule has 6 heteroatoms. The van der Waals surface area contributed by atoms with Crippen molar-refractivity contribution >= 4 is 24.2 Å². The van der Waals surface area contributed by atoms with Crippen molar-refractivity contribution in [3.8, 4) is 0 Å². The Morgan fingerprint density at radius 1 is 0.786 bits per heavy atom. The molecule has 1 heterocycles. The fourth-order valence-corrected chi connectivity index (χ4v) is 6.19. The maximum atomic E-state index is 13.1. The summed E-state index contributed by atoms with van der Waals surface area (Å²) in [7, 11) is 0. The Balaban J connectivity index is 0.00000225. The van der Waals surface area contributed by atoms with Gasteiger partial charge in [-0.15, -0.1) is 12.4 Å². The van der Waals surface area contributed by atoms with Gasteiger partial charge in [0.2, 0.25) is 11.8 Å². The van der Waals surface area contributed by atoms with E-state index >= 15 is 0 Å². The van der Waals surface area contributed by atoms with Gasteiger partial charge in [0.15, 0.2) is 0 Å². The molecule has 0 spiro atoms. The van der Waals surface area contributed by atoms with E-state index in [1.54, 1.807) is 0 Å². The van der Waals surface area contributed by atoms with Gasteiger partial charge in [0, 0.05) is 44.6 Å². The molecule has 0 aromatic heterocycles. The van der Waals surface area contributed by atoms with E-state index in [0.717, 1.165) is 32.4 Å². The van der Waals surface area contributed by atoms with Crippen molar-refractivity contribution in [2.45, 2.75) is 76.7 Å². The van der Waals surface area contributed by atoms with Gasteiger partial charge in [-0.05, 0) is 56.3 Å². The lowest BCUT2D eigenvalue weighted by atomic mass is 9.65. The second kappa shape index (κ2) is 9.80. The number of halogens is 1. The molecule has 3 saturated carbocycles. The van der Waals surface area contributed by atoms with E-state index < -0.39 is 0 Å². The zero-order chi connectivity index (χ0) is 18.8. The number of nitrogens with two attached hydrogens (primary N) is 1. The Labute approximate surface area is 176 Å². The van der Waals surface area contributed by atoms with Crippen molar-refractivity contribution in [2.75, 3.05) is 26.2 Å². The molecule has 160 valence electrons. The molecule has 4 fully saturated rings. The molecule has 3 aliphatic carbocycles. The molecule has 5 nitrogen and oxygen atoms in total. The molecule has 0 aromatic rings. The van der Waals surface area contributed by atoms with E-state index in [2.05, 4.69) is 0 Å². The van der Waals surface area contributed by atoms with Crippen LogP contribution in [0.4, 0.5) is 0 Å². The molecule has 2 N–H and O–H groups in total. The van der Waals surface area contributed by atoms with Gasteiger partial charge in [0.1, 0.15) is 0 Å². The Hall–Kier alpha value is -0.810. The molecule has 28 heavy (non-hydrogen) atoms. The lowest BCUT2D eigenvalue weighted by molar-refractivity contribution is -0.144. The number of fused-ring (bicyclic) bond motifs is 2. The molecule has 2 unspecified atom stereocenters. The van der Waals surface area contributed by atoms with Crippen molar-refractivity contribution < 1.29 is 9.59 Å². The van der Waals surface area contributed by atoms with E-state index in [9.17, 15) is 9.59 Å². The second-order valence-electron chi connectivity index (χ2n) is 9.61. The van der Waals surface area contributed by atoms with E-state index in [-0.39, 0.29) is 18.3 Å².